The van der Waals surface area contributed by atoms with Gasteiger partial charge in [-0.15, -0.1) is 0 Å². The van der Waals surface area contributed by atoms with Crippen LogP contribution < -0.4 is 4.74 Å². The summed E-state index contributed by atoms with van der Waals surface area (Å²) in [5, 5.41) is 1.11. The predicted octanol–water partition coefficient (Wildman–Crippen LogP) is 5.79. The van der Waals surface area contributed by atoms with E-state index in [1.54, 1.807) is 29.2 Å². The molecule has 0 saturated carbocycles. The summed E-state index contributed by atoms with van der Waals surface area (Å²) in [6, 6.07) is 12.8. The first-order valence-electron chi connectivity index (χ1n) is 7.91. The average Bonchev–Trinajstić information content (AvgIpc) is 2.89. The van der Waals surface area contributed by atoms with Crippen molar-refractivity contribution in [3.63, 3.8) is 0 Å². The third-order valence-electron chi connectivity index (χ3n) is 3.83. The number of para-hydroxylation sites is 1. The van der Waals surface area contributed by atoms with E-state index in [0.29, 0.717) is 31.6 Å². The van der Waals surface area contributed by atoms with Gasteiger partial charge in [-0.25, -0.2) is 0 Å². The summed E-state index contributed by atoms with van der Waals surface area (Å²) in [4.78, 5) is 14.6. The normalized spacial score (nSPS) is 15.8. The standard InChI is InChI=1S/C19H15Cl2NO2S2/c1-2-22-18(23)17(26-19(22)25)10-12-6-3-4-9-16(12)24-11-13-14(20)7-5-8-15(13)21/h3-10H,2,11H2,1H3. The van der Waals surface area contributed by atoms with Gasteiger partial charge in [-0.2, -0.15) is 0 Å². The quantitative estimate of drug-likeness (QED) is 0.449. The van der Waals surface area contributed by atoms with Gasteiger partial charge in [-0.05, 0) is 31.2 Å². The number of rotatable bonds is 5. The second-order valence-electron chi connectivity index (χ2n) is 5.45. The topological polar surface area (TPSA) is 29.5 Å². The van der Waals surface area contributed by atoms with Crippen LogP contribution in [0.5, 0.6) is 5.75 Å². The average molecular weight is 424 g/mol. The molecule has 0 bridgehead atoms. The molecule has 1 aliphatic rings. The van der Waals surface area contributed by atoms with Gasteiger partial charge < -0.3 is 4.74 Å². The van der Waals surface area contributed by atoms with Crippen molar-refractivity contribution in [2.24, 2.45) is 0 Å². The highest BCUT2D eigenvalue weighted by Gasteiger charge is 2.30. The Morgan fingerprint density at radius 1 is 1.15 bits per heavy atom. The van der Waals surface area contributed by atoms with Gasteiger partial charge in [0.1, 0.15) is 16.7 Å². The number of amides is 1. The van der Waals surface area contributed by atoms with E-state index < -0.39 is 0 Å². The Kier molecular flexibility index (Phi) is 6.24. The van der Waals surface area contributed by atoms with Crippen LogP contribution in [-0.2, 0) is 11.4 Å². The zero-order valence-corrected chi connectivity index (χ0v) is 17.0. The minimum Gasteiger partial charge on any atom is -0.488 e. The fourth-order valence-corrected chi connectivity index (χ4v) is 4.35. The van der Waals surface area contributed by atoms with Crippen molar-refractivity contribution in [1.82, 2.24) is 4.90 Å². The molecule has 1 fully saturated rings. The van der Waals surface area contributed by atoms with Crippen LogP contribution in [-0.4, -0.2) is 21.7 Å². The van der Waals surface area contributed by atoms with E-state index >= 15 is 0 Å². The molecule has 7 heteroatoms. The SMILES string of the molecule is CCN1C(=O)C(=Cc2ccccc2OCc2c(Cl)cccc2Cl)SC1=S. The Morgan fingerprint density at radius 2 is 1.85 bits per heavy atom. The van der Waals surface area contributed by atoms with Gasteiger partial charge in [-0.3, -0.25) is 9.69 Å². The molecule has 134 valence electrons. The number of carbonyl (C=O) groups excluding carboxylic acids is 1. The van der Waals surface area contributed by atoms with E-state index in [-0.39, 0.29) is 12.5 Å². The van der Waals surface area contributed by atoms with Crippen molar-refractivity contribution < 1.29 is 9.53 Å². The molecule has 0 spiro atoms. The molecule has 0 radical (unpaired) electrons. The number of benzene rings is 2. The summed E-state index contributed by atoms with van der Waals surface area (Å²) in [5.74, 6) is 0.566. The van der Waals surface area contributed by atoms with Crippen LogP contribution in [0.15, 0.2) is 47.4 Å². The van der Waals surface area contributed by atoms with Crippen molar-refractivity contribution in [1.29, 1.82) is 0 Å². The van der Waals surface area contributed by atoms with Crippen LogP contribution in [0.3, 0.4) is 0 Å². The van der Waals surface area contributed by atoms with Gasteiger partial charge in [0.2, 0.25) is 0 Å². The molecular weight excluding hydrogens is 409 g/mol. The maximum absolute atomic E-state index is 12.4. The smallest absolute Gasteiger partial charge is 0.266 e. The Morgan fingerprint density at radius 3 is 2.50 bits per heavy atom. The Bertz CT molecular complexity index is 879. The highest BCUT2D eigenvalue weighted by Crippen LogP contribution is 2.34. The fourth-order valence-electron chi connectivity index (χ4n) is 2.47. The molecule has 3 rings (SSSR count). The monoisotopic (exact) mass is 423 g/mol. The van der Waals surface area contributed by atoms with Gasteiger partial charge in [0.05, 0.1) is 4.91 Å². The largest absolute Gasteiger partial charge is 0.488 e. The molecule has 1 saturated heterocycles. The third kappa shape index (κ3) is 4.07. The molecule has 0 unspecified atom stereocenters. The number of thioether (sulfide) groups is 1. The maximum Gasteiger partial charge on any atom is 0.266 e. The first-order valence-corrected chi connectivity index (χ1v) is 9.89. The van der Waals surface area contributed by atoms with Crippen LogP contribution in [0.25, 0.3) is 6.08 Å². The molecular formula is C19H15Cl2NO2S2. The lowest BCUT2D eigenvalue weighted by Crippen LogP contribution is -2.27. The summed E-state index contributed by atoms with van der Waals surface area (Å²) in [6.45, 7) is 2.70. The lowest BCUT2D eigenvalue weighted by molar-refractivity contribution is -0.121. The first kappa shape index (κ1) is 19.2. The van der Waals surface area contributed by atoms with E-state index in [1.807, 2.05) is 31.2 Å². The molecule has 1 aliphatic heterocycles. The fraction of sp³-hybridized carbons (Fsp3) is 0.158. The van der Waals surface area contributed by atoms with Crippen molar-refractivity contribution in [3.05, 3.63) is 68.5 Å². The molecule has 26 heavy (non-hydrogen) atoms. The minimum atomic E-state index is -0.0774. The summed E-state index contributed by atoms with van der Waals surface area (Å²) in [7, 11) is 0. The number of halogens is 2. The third-order valence-corrected chi connectivity index (χ3v) is 5.92. The summed E-state index contributed by atoms with van der Waals surface area (Å²) in [6.07, 6.45) is 1.80. The number of likely N-dealkylation sites (N-methyl/N-ethyl adjacent to an activating group) is 1. The summed E-state index contributed by atoms with van der Waals surface area (Å²) in [5.41, 5.74) is 1.52. The molecule has 2 aromatic carbocycles. The van der Waals surface area contributed by atoms with Gasteiger partial charge in [0, 0.05) is 27.7 Å². The molecule has 0 aromatic heterocycles. The second-order valence-corrected chi connectivity index (χ2v) is 7.94. The number of hydrogen-bond donors (Lipinski definition) is 0. The predicted molar refractivity (Wildman–Crippen MR) is 113 cm³/mol. The maximum atomic E-state index is 12.4. The second kappa shape index (κ2) is 8.44. The molecule has 1 heterocycles. The molecule has 3 nitrogen and oxygen atoms in total. The van der Waals surface area contributed by atoms with E-state index in [4.69, 9.17) is 40.2 Å². The zero-order chi connectivity index (χ0) is 18.7. The van der Waals surface area contributed by atoms with Crippen LogP contribution >= 0.6 is 47.2 Å². The van der Waals surface area contributed by atoms with E-state index in [1.165, 1.54) is 11.8 Å². The van der Waals surface area contributed by atoms with Crippen molar-refractivity contribution >= 4 is 63.5 Å². The lowest BCUT2D eigenvalue weighted by Gasteiger charge is -2.12. The zero-order valence-electron chi connectivity index (χ0n) is 13.9. The Hall–Kier alpha value is -1.53. The number of carbonyl (C=O) groups is 1. The summed E-state index contributed by atoms with van der Waals surface area (Å²) < 4.78 is 6.50. The van der Waals surface area contributed by atoms with E-state index in [0.717, 1.165) is 11.1 Å². The Balaban J connectivity index is 1.84. The lowest BCUT2D eigenvalue weighted by atomic mass is 10.1. The highest BCUT2D eigenvalue weighted by molar-refractivity contribution is 8.26. The van der Waals surface area contributed by atoms with Gasteiger partial charge in [-0.1, -0.05) is 71.4 Å². The van der Waals surface area contributed by atoms with Gasteiger partial charge in [0.15, 0.2) is 0 Å². The van der Waals surface area contributed by atoms with Gasteiger partial charge in [0.25, 0.3) is 5.91 Å². The van der Waals surface area contributed by atoms with Crippen LogP contribution in [0.1, 0.15) is 18.1 Å². The number of nitrogens with zero attached hydrogens (tertiary/aromatic N) is 1. The molecule has 0 N–H and O–H groups in total. The first-order chi connectivity index (χ1) is 12.5. The van der Waals surface area contributed by atoms with E-state index in [9.17, 15) is 4.79 Å². The molecule has 0 atom stereocenters. The van der Waals surface area contributed by atoms with Crippen molar-refractivity contribution in [2.75, 3.05) is 6.54 Å². The summed E-state index contributed by atoms with van der Waals surface area (Å²) >= 11 is 18.9. The Labute approximate surface area is 171 Å². The number of thiocarbonyl (C=S) groups is 1. The number of ether oxygens (including phenoxy) is 1. The van der Waals surface area contributed by atoms with Crippen molar-refractivity contribution in [3.8, 4) is 5.75 Å². The molecule has 0 aliphatic carbocycles. The van der Waals surface area contributed by atoms with Gasteiger partial charge >= 0.3 is 0 Å². The van der Waals surface area contributed by atoms with Crippen LogP contribution in [0, 0.1) is 0 Å². The number of hydrogen-bond acceptors (Lipinski definition) is 4. The van der Waals surface area contributed by atoms with Crippen molar-refractivity contribution in [2.45, 2.75) is 13.5 Å². The van der Waals surface area contributed by atoms with E-state index in [2.05, 4.69) is 0 Å². The highest BCUT2D eigenvalue weighted by atomic mass is 35.5. The van der Waals surface area contributed by atoms with Crippen LogP contribution in [0.2, 0.25) is 10.0 Å². The van der Waals surface area contributed by atoms with Crippen LogP contribution in [0.4, 0.5) is 0 Å². The molecule has 1 amide bonds. The minimum absolute atomic E-state index is 0.0774. The molecule has 2 aromatic rings.